The molecule has 0 aliphatic heterocycles. The van der Waals surface area contributed by atoms with Crippen LogP contribution >= 0.6 is 0 Å². The van der Waals surface area contributed by atoms with Crippen LogP contribution in [0.15, 0.2) is 12.7 Å². The number of esters is 1. The van der Waals surface area contributed by atoms with Crippen LogP contribution in [0.2, 0.25) is 0 Å². The molecule has 0 saturated heterocycles. The average Bonchev–Trinajstić information content (AvgIpc) is 2.00. The Morgan fingerprint density at radius 2 is 2.36 bits per heavy atom. The van der Waals surface area contributed by atoms with Crippen molar-refractivity contribution >= 4 is 12.4 Å². The lowest BCUT2D eigenvalue weighted by atomic mass is 10.4. The zero-order valence-electron chi connectivity index (χ0n) is 6.28. The van der Waals surface area contributed by atoms with Crippen LogP contribution in [0.5, 0.6) is 0 Å². The smallest absolute Gasteiger partial charge is 0.347 e. The molecule has 0 saturated carbocycles. The van der Waals surface area contributed by atoms with Crippen LogP contribution in [0, 0.1) is 0 Å². The second kappa shape index (κ2) is 5.46. The zero-order valence-corrected chi connectivity index (χ0v) is 6.28. The summed E-state index contributed by atoms with van der Waals surface area (Å²) in [6, 6.07) is 0. The van der Waals surface area contributed by atoms with E-state index >= 15 is 0 Å². The molecule has 0 radical (unpaired) electrons. The number of hydrogen-bond donors (Lipinski definition) is 0. The molecule has 0 aromatic heterocycles. The van der Waals surface area contributed by atoms with Crippen molar-refractivity contribution in [2.24, 2.45) is 0 Å². The molecular weight excluding hydrogens is 148 g/mol. The molecule has 0 spiro atoms. The van der Waals surface area contributed by atoms with E-state index in [2.05, 4.69) is 16.1 Å². The quantitative estimate of drug-likeness (QED) is 0.327. The van der Waals surface area contributed by atoms with Gasteiger partial charge >= 0.3 is 5.97 Å². The first-order valence-corrected chi connectivity index (χ1v) is 3.09. The number of rotatable bonds is 5. The lowest BCUT2D eigenvalue weighted by Crippen LogP contribution is -2.22. The van der Waals surface area contributed by atoms with Gasteiger partial charge in [0.05, 0.1) is 0 Å². The van der Waals surface area contributed by atoms with E-state index in [9.17, 15) is 9.59 Å². The van der Waals surface area contributed by atoms with Crippen molar-refractivity contribution in [2.45, 2.75) is 13.0 Å². The molecule has 0 aromatic carbocycles. The molecule has 0 bridgehead atoms. The van der Waals surface area contributed by atoms with Gasteiger partial charge in [-0.1, -0.05) is 12.7 Å². The van der Waals surface area contributed by atoms with Gasteiger partial charge in [-0.3, -0.25) is 4.79 Å². The van der Waals surface area contributed by atoms with Crippen molar-refractivity contribution in [2.75, 3.05) is 6.61 Å². The minimum Gasteiger partial charge on any atom is -0.459 e. The third kappa shape index (κ3) is 4.13. The largest absolute Gasteiger partial charge is 0.459 e. The Bertz CT molecular complexity index is 153. The molecule has 0 amide bonds. The molecule has 0 heterocycles. The molecule has 0 rings (SSSR count). The normalized spacial score (nSPS) is 11.4. The highest BCUT2D eigenvalue weighted by Crippen LogP contribution is 1.91. The second-order valence-electron chi connectivity index (χ2n) is 1.79. The van der Waals surface area contributed by atoms with E-state index in [-0.39, 0.29) is 13.1 Å². The molecular formula is C7H10O4. The van der Waals surface area contributed by atoms with Gasteiger partial charge in [0.15, 0.2) is 6.10 Å². The monoisotopic (exact) mass is 158 g/mol. The van der Waals surface area contributed by atoms with E-state index in [1.165, 1.54) is 13.0 Å². The first-order valence-electron chi connectivity index (χ1n) is 3.09. The van der Waals surface area contributed by atoms with Gasteiger partial charge < -0.3 is 9.47 Å². The third-order valence-electron chi connectivity index (χ3n) is 0.935. The minimum absolute atomic E-state index is 0.130. The van der Waals surface area contributed by atoms with Crippen molar-refractivity contribution in [1.82, 2.24) is 0 Å². The molecule has 11 heavy (non-hydrogen) atoms. The summed E-state index contributed by atoms with van der Waals surface area (Å²) in [5.41, 5.74) is 0. The predicted octanol–water partition coefficient (Wildman–Crippen LogP) is 0.277. The first-order chi connectivity index (χ1) is 5.22. The summed E-state index contributed by atoms with van der Waals surface area (Å²) in [5, 5.41) is 0. The Balaban J connectivity index is 3.62. The SMILES string of the molecule is C=CCOC(=O)[C@@H](C)OC=O. The minimum atomic E-state index is -0.840. The van der Waals surface area contributed by atoms with Gasteiger partial charge in [0, 0.05) is 0 Å². The van der Waals surface area contributed by atoms with Crippen molar-refractivity contribution < 1.29 is 19.1 Å². The summed E-state index contributed by atoms with van der Waals surface area (Å²) in [6.45, 7) is 5.12. The van der Waals surface area contributed by atoms with E-state index in [0.29, 0.717) is 0 Å². The maximum atomic E-state index is 10.7. The summed E-state index contributed by atoms with van der Waals surface area (Å²) in [7, 11) is 0. The highest BCUT2D eigenvalue weighted by atomic mass is 16.6. The molecule has 4 heteroatoms. The van der Waals surface area contributed by atoms with Gasteiger partial charge in [-0.25, -0.2) is 4.79 Å². The van der Waals surface area contributed by atoms with Crippen LogP contribution in [0.4, 0.5) is 0 Å². The van der Waals surface area contributed by atoms with Crippen LogP contribution in [0.25, 0.3) is 0 Å². The maximum absolute atomic E-state index is 10.7. The Hall–Kier alpha value is -1.32. The highest BCUT2D eigenvalue weighted by molar-refractivity contribution is 5.75. The van der Waals surface area contributed by atoms with Gasteiger partial charge in [-0.15, -0.1) is 0 Å². The van der Waals surface area contributed by atoms with E-state index in [1.54, 1.807) is 0 Å². The molecule has 4 nitrogen and oxygen atoms in total. The Labute approximate surface area is 64.8 Å². The van der Waals surface area contributed by atoms with E-state index in [0.717, 1.165) is 0 Å². The number of carbonyl (C=O) groups excluding carboxylic acids is 2. The molecule has 0 fully saturated rings. The average molecular weight is 158 g/mol. The lowest BCUT2D eigenvalue weighted by molar-refractivity contribution is -0.159. The fourth-order valence-electron chi connectivity index (χ4n) is 0.397. The standard InChI is InChI=1S/C7H10O4/c1-3-4-10-7(9)6(2)11-5-8/h3,5-6H,1,4H2,2H3/t6-/m1/s1. The van der Waals surface area contributed by atoms with Crippen molar-refractivity contribution in [1.29, 1.82) is 0 Å². The van der Waals surface area contributed by atoms with Gasteiger partial charge in [-0.2, -0.15) is 0 Å². The number of ether oxygens (including phenoxy) is 2. The topological polar surface area (TPSA) is 52.6 Å². The van der Waals surface area contributed by atoms with Gasteiger partial charge in [0.2, 0.25) is 0 Å². The van der Waals surface area contributed by atoms with Crippen LogP contribution in [-0.2, 0) is 19.1 Å². The molecule has 62 valence electrons. The van der Waals surface area contributed by atoms with Crippen molar-refractivity contribution in [3.8, 4) is 0 Å². The summed E-state index contributed by atoms with van der Waals surface area (Å²) >= 11 is 0. The molecule has 0 unspecified atom stereocenters. The Morgan fingerprint density at radius 1 is 1.73 bits per heavy atom. The first kappa shape index (κ1) is 9.68. The fraction of sp³-hybridized carbons (Fsp3) is 0.429. The molecule has 0 aliphatic rings. The van der Waals surface area contributed by atoms with Crippen LogP contribution in [0.3, 0.4) is 0 Å². The molecule has 0 N–H and O–H groups in total. The second-order valence-corrected chi connectivity index (χ2v) is 1.79. The van der Waals surface area contributed by atoms with Crippen molar-refractivity contribution in [3.05, 3.63) is 12.7 Å². The Kier molecular flexibility index (Phi) is 4.81. The zero-order chi connectivity index (χ0) is 8.69. The van der Waals surface area contributed by atoms with Crippen LogP contribution in [0.1, 0.15) is 6.92 Å². The van der Waals surface area contributed by atoms with E-state index < -0.39 is 12.1 Å². The highest BCUT2D eigenvalue weighted by Gasteiger charge is 2.13. The number of carbonyl (C=O) groups is 2. The van der Waals surface area contributed by atoms with E-state index in [4.69, 9.17) is 0 Å². The summed E-state index contributed by atoms with van der Waals surface area (Å²) in [6.07, 6.45) is 0.596. The van der Waals surface area contributed by atoms with Gasteiger partial charge in [0.1, 0.15) is 6.61 Å². The summed E-state index contributed by atoms with van der Waals surface area (Å²) in [4.78, 5) is 20.5. The van der Waals surface area contributed by atoms with Crippen LogP contribution in [-0.4, -0.2) is 25.2 Å². The van der Waals surface area contributed by atoms with E-state index in [1.807, 2.05) is 0 Å². The van der Waals surface area contributed by atoms with Crippen molar-refractivity contribution in [3.63, 3.8) is 0 Å². The number of hydrogen-bond acceptors (Lipinski definition) is 4. The summed E-state index contributed by atoms with van der Waals surface area (Å²) < 4.78 is 8.88. The summed E-state index contributed by atoms with van der Waals surface area (Å²) in [5.74, 6) is -0.572. The predicted molar refractivity (Wildman–Crippen MR) is 37.8 cm³/mol. The lowest BCUT2D eigenvalue weighted by Gasteiger charge is -2.06. The fourth-order valence-corrected chi connectivity index (χ4v) is 0.397. The van der Waals surface area contributed by atoms with Gasteiger partial charge in [0.25, 0.3) is 6.47 Å². The molecule has 0 aromatic rings. The third-order valence-corrected chi connectivity index (χ3v) is 0.935. The maximum Gasteiger partial charge on any atom is 0.347 e. The molecule has 0 aliphatic carbocycles. The Morgan fingerprint density at radius 3 is 2.82 bits per heavy atom. The molecule has 1 atom stereocenters. The van der Waals surface area contributed by atoms with Gasteiger partial charge in [-0.05, 0) is 6.92 Å². The van der Waals surface area contributed by atoms with Crippen LogP contribution < -0.4 is 0 Å².